The summed E-state index contributed by atoms with van der Waals surface area (Å²) in [6.07, 6.45) is -17.1. The van der Waals surface area contributed by atoms with Crippen LogP contribution in [0, 0.1) is 17.7 Å². The number of nitrogens with one attached hydrogen (secondary N) is 1. The van der Waals surface area contributed by atoms with E-state index in [-0.39, 0.29) is 11.3 Å². The van der Waals surface area contributed by atoms with E-state index >= 15 is 0 Å². The molecular formula is C31H33F7N2O5. The molecule has 246 valence electrons. The smallest absolute Gasteiger partial charge is 0.389 e. The number of nitrogens with zero attached hydrogens (tertiary/aromatic N) is 1. The molecule has 2 N–H and O–H groups in total. The van der Waals surface area contributed by atoms with E-state index in [0.717, 1.165) is 12.1 Å². The maximum atomic E-state index is 14.2. The van der Waals surface area contributed by atoms with Crippen LogP contribution in [-0.4, -0.2) is 52.6 Å². The molecule has 1 unspecified atom stereocenters. The Hall–Kier alpha value is -3.81. The molecule has 1 heterocycles. The molecule has 2 aromatic carbocycles. The summed E-state index contributed by atoms with van der Waals surface area (Å²) >= 11 is 0. The molecule has 1 aliphatic rings. The number of carbonyl (C=O) groups is 3. The highest BCUT2D eigenvalue weighted by Gasteiger charge is 2.42. The summed E-state index contributed by atoms with van der Waals surface area (Å²) in [6, 6.07) is 9.73. The van der Waals surface area contributed by atoms with Gasteiger partial charge in [0, 0.05) is 30.4 Å². The number of ketones is 1. The molecule has 1 aliphatic heterocycles. The van der Waals surface area contributed by atoms with E-state index in [1.54, 1.807) is 12.1 Å². The number of aliphatic hydroxyl groups is 1. The van der Waals surface area contributed by atoms with Crippen LogP contribution in [0.3, 0.4) is 0 Å². The third kappa shape index (κ3) is 10.4. The Bertz CT molecular complexity index is 1430. The molecule has 0 saturated heterocycles. The quantitative estimate of drug-likeness (QED) is 0.244. The average Bonchev–Trinajstić information content (AvgIpc) is 3.04. The SMILES string of the molecule is CC(C)(C)OC(=O)[C@@H](CCC(F)(F)F)[C@@H](CCC(F)(F)F)C(=O)NC1N=C(c2cccc(F)c2)c2cccc(CO)c2CC1=O. The fraction of sp³-hybridized carbons (Fsp3) is 0.484. The van der Waals surface area contributed by atoms with Gasteiger partial charge in [-0.2, -0.15) is 26.3 Å². The van der Waals surface area contributed by atoms with Crippen molar-refractivity contribution in [3.8, 4) is 0 Å². The Labute approximate surface area is 254 Å². The number of amides is 1. The van der Waals surface area contributed by atoms with Crippen LogP contribution in [0.4, 0.5) is 30.7 Å². The molecule has 0 spiro atoms. The molecule has 3 atom stereocenters. The zero-order chi connectivity index (χ0) is 33.7. The van der Waals surface area contributed by atoms with Crippen LogP contribution in [0.1, 0.15) is 68.7 Å². The van der Waals surface area contributed by atoms with Gasteiger partial charge in [0.05, 0.1) is 24.2 Å². The first-order valence-electron chi connectivity index (χ1n) is 14.0. The van der Waals surface area contributed by atoms with Crippen LogP contribution in [-0.2, 0) is 32.1 Å². The fourth-order valence-electron chi connectivity index (χ4n) is 4.99. The molecular weight excluding hydrogens is 613 g/mol. The molecule has 45 heavy (non-hydrogen) atoms. The number of Topliss-reactive ketones (excluding diaryl/α,β-unsaturated/α-hetero) is 1. The maximum Gasteiger partial charge on any atom is 0.389 e. The predicted octanol–water partition coefficient (Wildman–Crippen LogP) is 5.98. The molecule has 0 aromatic heterocycles. The van der Waals surface area contributed by atoms with Gasteiger partial charge in [0.25, 0.3) is 0 Å². The summed E-state index contributed by atoms with van der Waals surface area (Å²) < 4.78 is 98.9. The van der Waals surface area contributed by atoms with Crippen molar-refractivity contribution in [2.24, 2.45) is 16.8 Å². The van der Waals surface area contributed by atoms with E-state index in [1.165, 1.54) is 39.0 Å². The van der Waals surface area contributed by atoms with Gasteiger partial charge < -0.3 is 15.2 Å². The zero-order valence-electron chi connectivity index (χ0n) is 24.7. The van der Waals surface area contributed by atoms with Gasteiger partial charge in [0.1, 0.15) is 11.4 Å². The topological polar surface area (TPSA) is 105 Å². The van der Waals surface area contributed by atoms with Crippen LogP contribution in [0.15, 0.2) is 47.5 Å². The van der Waals surface area contributed by atoms with E-state index < -0.39 is 98.1 Å². The minimum atomic E-state index is -4.83. The molecule has 2 aromatic rings. The van der Waals surface area contributed by atoms with Gasteiger partial charge >= 0.3 is 18.3 Å². The summed E-state index contributed by atoms with van der Waals surface area (Å²) in [5.74, 6) is -7.97. The van der Waals surface area contributed by atoms with Crippen molar-refractivity contribution in [3.05, 3.63) is 70.5 Å². The number of carbonyl (C=O) groups excluding carboxylic acids is 3. The van der Waals surface area contributed by atoms with Crippen LogP contribution in [0.25, 0.3) is 0 Å². The standard InChI is InChI=1S/C31H33F7N2O5/c1-29(2,3)45-28(44)22(11-13-31(36,37)38)21(10-12-30(33,34)35)27(43)40-26-24(42)15-23-18(16-41)7-5-9-20(23)25(39-26)17-6-4-8-19(32)14-17/h4-9,14,21-22,26,41H,10-13,15-16H2,1-3H3,(H,40,43)/t21-,22+,26?/m1/s1. The summed E-state index contributed by atoms with van der Waals surface area (Å²) in [4.78, 5) is 44.4. The number of benzene rings is 2. The Balaban J connectivity index is 2.08. The number of aliphatic hydroxyl groups excluding tert-OH is 1. The van der Waals surface area contributed by atoms with Crippen LogP contribution in [0.2, 0.25) is 0 Å². The Kier molecular flexibility index (Phi) is 11.2. The van der Waals surface area contributed by atoms with E-state index in [2.05, 4.69) is 10.3 Å². The minimum Gasteiger partial charge on any atom is -0.460 e. The van der Waals surface area contributed by atoms with Gasteiger partial charge in [0.2, 0.25) is 5.91 Å². The Morgan fingerprint density at radius 1 is 0.978 bits per heavy atom. The van der Waals surface area contributed by atoms with Gasteiger partial charge in [-0.15, -0.1) is 0 Å². The lowest BCUT2D eigenvalue weighted by molar-refractivity contribution is -0.171. The number of rotatable bonds is 10. The van der Waals surface area contributed by atoms with Gasteiger partial charge in [-0.3, -0.25) is 19.4 Å². The van der Waals surface area contributed by atoms with Crippen molar-refractivity contribution >= 4 is 23.4 Å². The first-order chi connectivity index (χ1) is 20.8. The lowest BCUT2D eigenvalue weighted by Gasteiger charge is -2.30. The monoisotopic (exact) mass is 646 g/mol. The summed E-state index contributed by atoms with van der Waals surface area (Å²) in [7, 11) is 0. The number of ether oxygens (including phenoxy) is 1. The third-order valence-corrected chi connectivity index (χ3v) is 7.00. The highest BCUT2D eigenvalue weighted by atomic mass is 19.4. The normalized spacial score (nSPS) is 17.1. The number of alkyl halides is 6. The summed E-state index contributed by atoms with van der Waals surface area (Å²) in [5.41, 5.74) is -0.0831. The summed E-state index contributed by atoms with van der Waals surface area (Å²) in [5, 5.41) is 12.1. The number of esters is 1. The van der Waals surface area contributed by atoms with Crippen molar-refractivity contribution in [2.75, 3.05) is 0 Å². The van der Waals surface area contributed by atoms with Crippen molar-refractivity contribution in [2.45, 2.75) is 83.6 Å². The van der Waals surface area contributed by atoms with Gasteiger partial charge in [-0.05, 0) is 56.9 Å². The second-order valence-corrected chi connectivity index (χ2v) is 11.7. The molecule has 0 radical (unpaired) electrons. The molecule has 0 aliphatic carbocycles. The third-order valence-electron chi connectivity index (χ3n) is 7.00. The predicted molar refractivity (Wildman–Crippen MR) is 148 cm³/mol. The highest BCUT2D eigenvalue weighted by molar-refractivity contribution is 6.16. The second-order valence-electron chi connectivity index (χ2n) is 11.7. The number of halogens is 7. The van der Waals surface area contributed by atoms with Crippen molar-refractivity contribution in [1.29, 1.82) is 0 Å². The lowest BCUT2D eigenvalue weighted by Crippen LogP contribution is -2.47. The zero-order valence-corrected chi connectivity index (χ0v) is 24.7. The largest absolute Gasteiger partial charge is 0.460 e. The highest BCUT2D eigenvalue weighted by Crippen LogP contribution is 2.34. The van der Waals surface area contributed by atoms with Crippen molar-refractivity contribution in [1.82, 2.24) is 5.32 Å². The number of aliphatic imine (C=N–C) groups is 1. The molecule has 14 heteroatoms. The fourth-order valence-corrected chi connectivity index (χ4v) is 4.99. The molecule has 0 saturated carbocycles. The van der Waals surface area contributed by atoms with Crippen molar-refractivity contribution in [3.63, 3.8) is 0 Å². The molecule has 0 fully saturated rings. The second kappa shape index (κ2) is 14.1. The molecule has 1 amide bonds. The van der Waals surface area contributed by atoms with E-state index in [1.807, 2.05) is 0 Å². The van der Waals surface area contributed by atoms with Crippen molar-refractivity contribution < 1.29 is 55.0 Å². The maximum absolute atomic E-state index is 14.2. The van der Waals surface area contributed by atoms with E-state index in [4.69, 9.17) is 4.74 Å². The summed E-state index contributed by atoms with van der Waals surface area (Å²) in [6.45, 7) is 3.73. The lowest BCUT2D eigenvalue weighted by atomic mass is 9.83. The minimum absolute atomic E-state index is 0.0172. The molecule has 7 nitrogen and oxygen atoms in total. The van der Waals surface area contributed by atoms with Gasteiger partial charge in [-0.1, -0.05) is 30.3 Å². The van der Waals surface area contributed by atoms with Gasteiger partial charge in [0.15, 0.2) is 11.9 Å². The first kappa shape index (κ1) is 35.7. The number of hydrogen-bond acceptors (Lipinski definition) is 6. The van der Waals surface area contributed by atoms with Crippen LogP contribution >= 0.6 is 0 Å². The molecule has 3 rings (SSSR count). The molecule has 0 bridgehead atoms. The van der Waals surface area contributed by atoms with E-state index in [0.29, 0.717) is 16.7 Å². The Morgan fingerprint density at radius 2 is 1.58 bits per heavy atom. The average molecular weight is 647 g/mol. The van der Waals surface area contributed by atoms with Gasteiger partial charge in [-0.25, -0.2) is 4.39 Å². The van der Waals surface area contributed by atoms with E-state index in [9.17, 15) is 50.2 Å². The van der Waals surface area contributed by atoms with Crippen LogP contribution in [0.5, 0.6) is 0 Å². The Morgan fingerprint density at radius 3 is 2.13 bits per heavy atom. The van der Waals surface area contributed by atoms with Crippen LogP contribution < -0.4 is 5.32 Å². The first-order valence-corrected chi connectivity index (χ1v) is 14.0. The number of fused-ring (bicyclic) bond motifs is 1. The number of hydrogen-bond donors (Lipinski definition) is 2.